The molecular formula is C15H18FN3O. The Morgan fingerprint density at radius 3 is 2.65 bits per heavy atom. The van der Waals surface area contributed by atoms with Crippen LogP contribution in [0.1, 0.15) is 22.5 Å². The molecule has 1 aromatic heterocycles. The van der Waals surface area contributed by atoms with Crippen molar-refractivity contribution in [1.82, 2.24) is 15.1 Å². The molecule has 0 saturated carbocycles. The molecule has 1 aromatic carbocycles. The smallest absolute Gasteiger partial charge is 0.224 e. The molecule has 0 bridgehead atoms. The normalized spacial score (nSPS) is 10.6. The molecule has 1 heterocycles. The van der Waals surface area contributed by atoms with Crippen molar-refractivity contribution in [3.8, 4) is 0 Å². The predicted octanol–water partition coefficient (Wildman–Crippen LogP) is 2.03. The minimum atomic E-state index is -0.304. The first kappa shape index (κ1) is 14.2. The first-order valence-electron chi connectivity index (χ1n) is 6.48. The Morgan fingerprint density at radius 2 is 2.05 bits per heavy atom. The van der Waals surface area contributed by atoms with Gasteiger partial charge < -0.3 is 5.32 Å². The van der Waals surface area contributed by atoms with Crippen molar-refractivity contribution in [3.05, 3.63) is 52.6 Å². The van der Waals surface area contributed by atoms with E-state index in [1.165, 1.54) is 6.07 Å². The summed E-state index contributed by atoms with van der Waals surface area (Å²) in [4.78, 5) is 11.9. The van der Waals surface area contributed by atoms with E-state index in [1.807, 2.05) is 20.9 Å². The van der Waals surface area contributed by atoms with Gasteiger partial charge in [-0.25, -0.2) is 4.39 Å². The summed E-state index contributed by atoms with van der Waals surface area (Å²) in [6.07, 6.45) is 0.264. The standard InChI is InChI=1S/C15H18FN3O/c1-10-13(11(2)19(3)18-10)8-15(20)17-9-12-6-4-5-7-14(12)16/h4-7H,8-9H2,1-3H3,(H,17,20). The number of aryl methyl sites for hydroxylation is 2. The fourth-order valence-corrected chi connectivity index (χ4v) is 2.13. The molecule has 0 saturated heterocycles. The molecule has 0 spiro atoms. The van der Waals surface area contributed by atoms with Gasteiger partial charge in [0.1, 0.15) is 5.82 Å². The van der Waals surface area contributed by atoms with Gasteiger partial charge in [0, 0.05) is 30.4 Å². The summed E-state index contributed by atoms with van der Waals surface area (Å²) in [6.45, 7) is 4.01. The second-order valence-corrected chi connectivity index (χ2v) is 4.82. The van der Waals surface area contributed by atoms with Crippen LogP contribution < -0.4 is 5.32 Å². The fraction of sp³-hybridized carbons (Fsp3) is 0.333. The molecule has 0 unspecified atom stereocenters. The lowest BCUT2D eigenvalue weighted by molar-refractivity contribution is -0.120. The van der Waals surface area contributed by atoms with Crippen LogP contribution in [-0.4, -0.2) is 15.7 Å². The van der Waals surface area contributed by atoms with Crippen LogP contribution in [0.4, 0.5) is 4.39 Å². The van der Waals surface area contributed by atoms with Gasteiger partial charge in [-0.3, -0.25) is 9.48 Å². The van der Waals surface area contributed by atoms with Crippen LogP contribution in [0.25, 0.3) is 0 Å². The highest BCUT2D eigenvalue weighted by molar-refractivity contribution is 5.79. The maximum Gasteiger partial charge on any atom is 0.224 e. The number of hydrogen-bond acceptors (Lipinski definition) is 2. The van der Waals surface area contributed by atoms with Crippen molar-refractivity contribution in [2.24, 2.45) is 7.05 Å². The van der Waals surface area contributed by atoms with E-state index in [2.05, 4.69) is 10.4 Å². The quantitative estimate of drug-likeness (QED) is 0.928. The maximum absolute atomic E-state index is 13.4. The third kappa shape index (κ3) is 3.04. The average molecular weight is 275 g/mol. The van der Waals surface area contributed by atoms with Crippen LogP contribution in [0.3, 0.4) is 0 Å². The van der Waals surface area contributed by atoms with Crippen molar-refractivity contribution in [3.63, 3.8) is 0 Å². The van der Waals surface area contributed by atoms with Crippen LogP contribution >= 0.6 is 0 Å². The Hall–Kier alpha value is -2.17. The summed E-state index contributed by atoms with van der Waals surface area (Å²) in [5, 5.41) is 7.01. The minimum absolute atomic E-state index is 0.132. The van der Waals surface area contributed by atoms with Crippen molar-refractivity contribution in [2.45, 2.75) is 26.8 Å². The van der Waals surface area contributed by atoms with Gasteiger partial charge >= 0.3 is 0 Å². The van der Waals surface area contributed by atoms with E-state index in [9.17, 15) is 9.18 Å². The van der Waals surface area contributed by atoms with Crippen LogP contribution in [0.15, 0.2) is 24.3 Å². The van der Waals surface area contributed by atoms with E-state index in [0.717, 1.165) is 17.0 Å². The zero-order valence-electron chi connectivity index (χ0n) is 11.9. The number of carbonyl (C=O) groups excluding carboxylic acids is 1. The van der Waals surface area contributed by atoms with E-state index >= 15 is 0 Å². The number of amides is 1. The number of aromatic nitrogens is 2. The molecule has 1 N–H and O–H groups in total. The molecule has 0 fully saturated rings. The van der Waals surface area contributed by atoms with Gasteiger partial charge in [-0.1, -0.05) is 18.2 Å². The Kier molecular flexibility index (Phi) is 4.17. The summed E-state index contributed by atoms with van der Waals surface area (Å²) >= 11 is 0. The average Bonchev–Trinajstić information content (AvgIpc) is 2.64. The second kappa shape index (κ2) is 5.86. The molecule has 106 valence electrons. The summed E-state index contributed by atoms with van der Waals surface area (Å²) in [5.41, 5.74) is 3.24. The van der Waals surface area contributed by atoms with E-state index in [4.69, 9.17) is 0 Å². The molecule has 0 atom stereocenters. The fourth-order valence-electron chi connectivity index (χ4n) is 2.13. The maximum atomic E-state index is 13.4. The van der Waals surface area contributed by atoms with Gasteiger partial charge in [0.25, 0.3) is 0 Å². The number of carbonyl (C=O) groups is 1. The zero-order valence-corrected chi connectivity index (χ0v) is 11.9. The van der Waals surface area contributed by atoms with Crippen molar-refractivity contribution in [2.75, 3.05) is 0 Å². The van der Waals surface area contributed by atoms with Crippen LogP contribution in [0.2, 0.25) is 0 Å². The number of nitrogens with zero attached hydrogens (tertiary/aromatic N) is 2. The van der Waals surface area contributed by atoms with Crippen molar-refractivity contribution in [1.29, 1.82) is 0 Å². The highest BCUT2D eigenvalue weighted by Gasteiger charge is 2.13. The number of rotatable bonds is 4. The van der Waals surface area contributed by atoms with Crippen molar-refractivity contribution < 1.29 is 9.18 Å². The Labute approximate surface area is 117 Å². The highest BCUT2D eigenvalue weighted by atomic mass is 19.1. The van der Waals surface area contributed by atoms with Crippen LogP contribution in [0, 0.1) is 19.7 Å². The monoisotopic (exact) mass is 275 g/mol. The molecule has 0 aliphatic rings. The van der Waals surface area contributed by atoms with E-state index in [1.54, 1.807) is 22.9 Å². The SMILES string of the molecule is Cc1nn(C)c(C)c1CC(=O)NCc1ccccc1F. The third-order valence-electron chi connectivity index (χ3n) is 3.43. The molecule has 2 rings (SSSR count). The first-order valence-corrected chi connectivity index (χ1v) is 6.48. The zero-order chi connectivity index (χ0) is 14.7. The van der Waals surface area contributed by atoms with Gasteiger partial charge in [0.15, 0.2) is 0 Å². The minimum Gasteiger partial charge on any atom is -0.352 e. The number of halogens is 1. The number of hydrogen-bond donors (Lipinski definition) is 1. The summed E-state index contributed by atoms with van der Waals surface area (Å²) < 4.78 is 15.2. The van der Waals surface area contributed by atoms with Crippen molar-refractivity contribution >= 4 is 5.91 Å². The summed E-state index contributed by atoms with van der Waals surface area (Å²) in [7, 11) is 1.85. The van der Waals surface area contributed by atoms with E-state index < -0.39 is 0 Å². The first-order chi connectivity index (χ1) is 9.49. The molecule has 0 radical (unpaired) electrons. The second-order valence-electron chi connectivity index (χ2n) is 4.82. The van der Waals surface area contributed by atoms with Gasteiger partial charge in [0.2, 0.25) is 5.91 Å². The molecule has 1 amide bonds. The summed E-state index contributed by atoms with van der Waals surface area (Å²) in [6, 6.07) is 6.43. The van der Waals surface area contributed by atoms with Gasteiger partial charge in [0.05, 0.1) is 12.1 Å². The molecule has 0 aliphatic heterocycles. The van der Waals surface area contributed by atoms with Gasteiger partial charge in [-0.05, 0) is 19.9 Å². The molecule has 2 aromatic rings. The van der Waals surface area contributed by atoms with E-state index in [0.29, 0.717) is 5.56 Å². The topological polar surface area (TPSA) is 46.9 Å². The predicted molar refractivity (Wildman–Crippen MR) is 74.6 cm³/mol. The van der Waals surface area contributed by atoms with Gasteiger partial charge in [-0.15, -0.1) is 0 Å². The summed E-state index contributed by atoms with van der Waals surface area (Å²) in [5.74, 6) is -0.436. The van der Waals surface area contributed by atoms with Gasteiger partial charge in [-0.2, -0.15) is 5.10 Å². The molecule has 4 nitrogen and oxygen atoms in total. The lowest BCUT2D eigenvalue weighted by Gasteiger charge is -2.06. The molecule has 5 heteroatoms. The van der Waals surface area contributed by atoms with Crippen LogP contribution in [-0.2, 0) is 24.8 Å². The lowest BCUT2D eigenvalue weighted by atomic mass is 10.1. The Bertz CT molecular complexity index is 634. The molecule has 20 heavy (non-hydrogen) atoms. The van der Waals surface area contributed by atoms with Crippen LogP contribution in [0.5, 0.6) is 0 Å². The highest BCUT2D eigenvalue weighted by Crippen LogP contribution is 2.12. The Morgan fingerprint density at radius 1 is 1.35 bits per heavy atom. The molecule has 0 aliphatic carbocycles. The third-order valence-corrected chi connectivity index (χ3v) is 3.43. The number of benzene rings is 1. The largest absolute Gasteiger partial charge is 0.352 e. The molecular weight excluding hydrogens is 257 g/mol. The van der Waals surface area contributed by atoms with E-state index in [-0.39, 0.29) is 24.7 Å². The lowest BCUT2D eigenvalue weighted by Crippen LogP contribution is -2.25. The Balaban J connectivity index is 1.98. The number of nitrogens with one attached hydrogen (secondary N) is 1.